The molecule has 2 aromatic heterocycles. The number of pyridine rings is 1. The van der Waals surface area contributed by atoms with Crippen LogP contribution in [0.5, 0.6) is 0 Å². The lowest BCUT2D eigenvalue weighted by atomic mass is 10.2. The molecule has 1 amide bonds. The Morgan fingerprint density at radius 2 is 1.92 bits per heavy atom. The van der Waals surface area contributed by atoms with E-state index in [9.17, 15) is 18.0 Å². The number of amides is 1. The average Bonchev–Trinajstić information content (AvgIpc) is 3.01. The number of aromatic nitrogens is 1. The summed E-state index contributed by atoms with van der Waals surface area (Å²) in [5.74, 6) is 0.531. The monoisotopic (exact) mass is 383 g/mol. The summed E-state index contributed by atoms with van der Waals surface area (Å²) in [7, 11) is 0. The Labute approximate surface area is 154 Å². The van der Waals surface area contributed by atoms with Gasteiger partial charge < -0.3 is 9.80 Å². The minimum Gasteiger partial charge on any atom is -0.353 e. The van der Waals surface area contributed by atoms with Gasteiger partial charge in [0.15, 0.2) is 0 Å². The highest BCUT2D eigenvalue weighted by Crippen LogP contribution is 2.29. The third kappa shape index (κ3) is 3.85. The minimum absolute atomic E-state index is 0.0258. The van der Waals surface area contributed by atoms with Crippen LogP contribution in [0.4, 0.5) is 19.0 Å². The van der Waals surface area contributed by atoms with Gasteiger partial charge in [-0.2, -0.15) is 13.2 Å². The fourth-order valence-corrected chi connectivity index (χ4v) is 4.09. The Balaban J connectivity index is 1.62. The summed E-state index contributed by atoms with van der Waals surface area (Å²) in [5.41, 5.74) is 0.392. The van der Waals surface area contributed by atoms with Crippen LogP contribution in [0.15, 0.2) is 24.4 Å². The van der Waals surface area contributed by atoms with E-state index in [0.717, 1.165) is 29.1 Å². The van der Waals surface area contributed by atoms with Gasteiger partial charge in [-0.05, 0) is 37.1 Å². The van der Waals surface area contributed by atoms with Gasteiger partial charge in [0.05, 0.1) is 10.4 Å². The van der Waals surface area contributed by atoms with Crippen molar-refractivity contribution in [3.63, 3.8) is 0 Å². The number of anilines is 1. The predicted octanol–water partition coefficient (Wildman–Crippen LogP) is 4.00. The fraction of sp³-hybridized carbons (Fsp3) is 0.444. The van der Waals surface area contributed by atoms with Crippen molar-refractivity contribution in [2.24, 2.45) is 0 Å². The molecule has 0 bridgehead atoms. The highest BCUT2D eigenvalue weighted by molar-refractivity contribution is 7.14. The minimum atomic E-state index is -4.38. The molecule has 1 aliphatic heterocycles. The molecule has 0 saturated carbocycles. The highest BCUT2D eigenvalue weighted by atomic mass is 32.1. The number of hydrogen-bond donors (Lipinski definition) is 0. The number of alkyl halides is 3. The van der Waals surface area contributed by atoms with Gasteiger partial charge in [0.2, 0.25) is 0 Å². The second kappa shape index (κ2) is 7.26. The standard InChI is InChI=1S/C18H20F3N3OS/c1-3-14-12(2)10-15(26-14)17(25)24-8-6-23(7-9-24)16-5-4-13(11-22-16)18(19,20)21/h4-5,10-11H,3,6-9H2,1-2H3. The van der Waals surface area contributed by atoms with Gasteiger partial charge in [-0.1, -0.05) is 6.92 Å². The molecule has 1 aliphatic rings. The summed E-state index contributed by atoms with van der Waals surface area (Å²) < 4.78 is 37.9. The third-order valence-electron chi connectivity index (χ3n) is 4.52. The Hall–Kier alpha value is -2.09. The van der Waals surface area contributed by atoms with Crippen molar-refractivity contribution >= 4 is 23.1 Å². The Morgan fingerprint density at radius 1 is 1.23 bits per heavy atom. The molecule has 140 valence electrons. The molecule has 0 radical (unpaired) electrons. The molecule has 0 aromatic carbocycles. The number of carbonyl (C=O) groups excluding carboxylic acids is 1. The summed E-state index contributed by atoms with van der Waals surface area (Å²) in [6.45, 7) is 6.24. The molecule has 8 heteroatoms. The quantitative estimate of drug-likeness (QED) is 0.804. The van der Waals surface area contributed by atoms with Gasteiger partial charge >= 0.3 is 6.18 Å². The van der Waals surface area contributed by atoms with E-state index in [-0.39, 0.29) is 5.91 Å². The molecule has 3 rings (SSSR count). The maximum absolute atomic E-state index is 12.7. The van der Waals surface area contributed by atoms with Crippen molar-refractivity contribution in [1.82, 2.24) is 9.88 Å². The fourth-order valence-electron chi connectivity index (χ4n) is 3.01. The number of thiophene rings is 1. The van der Waals surface area contributed by atoms with Gasteiger partial charge in [-0.25, -0.2) is 4.98 Å². The van der Waals surface area contributed by atoms with Gasteiger partial charge in [-0.15, -0.1) is 11.3 Å². The average molecular weight is 383 g/mol. The molecule has 1 saturated heterocycles. The lowest BCUT2D eigenvalue weighted by molar-refractivity contribution is -0.137. The van der Waals surface area contributed by atoms with Crippen molar-refractivity contribution in [2.45, 2.75) is 26.4 Å². The van der Waals surface area contributed by atoms with E-state index in [4.69, 9.17) is 0 Å². The maximum Gasteiger partial charge on any atom is 0.417 e. The lowest BCUT2D eigenvalue weighted by Crippen LogP contribution is -2.48. The van der Waals surface area contributed by atoms with Crippen LogP contribution >= 0.6 is 11.3 Å². The molecule has 2 aromatic rings. The zero-order valence-corrected chi connectivity index (χ0v) is 15.5. The van der Waals surface area contributed by atoms with Crippen LogP contribution in [0.3, 0.4) is 0 Å². The van der Waals surface area contributed by atoms with Crippen molar-refractivity contribution in [3.8, 4) is 0 Å². The van der Waals surface area contributed by atoms with Crippen LogP contribution in [0, 0.1) is 6.92 Å². The molecule has 0 aliphatic carbocycles. The van der Waals surface area contributed by atoms with Gasteiger partial charge in [0.1, 0.15) is 5.82 Å². The van der Waals surface area contributed by atoms with Crippen molar-refractivity contribution in [3.05, 3.63) is 45.3 Å². The summed E-state index contributed by atoms with van der Waals surface area (Å²) >= 11 is 1.54. The number of hydrogen-bond acceptors (Lipinski definition) is 4. The summed E-state index contributed by atoms with van der Waals surface area (Å²) in [4.78, 5) is 22.3. The smallest absolute Gasteiger partial charge is 0.353 e. The van der Waals surface area contributed by atoms with E-state index < -0.39 is 11.7 Å². The third-order valence-corrected chi connectivity index (χ3v) is 5.89. The summed E-state index contributed by atoms with van der Waals surface area (Å²) in [6.07, 6.45) is -2.61. The first-order valence-corrected chi connectivity index (χ1v) is 9.28. The van der Waals surface area contributed by atoms with Crippen LogP contribution in [-0.2, 0) is 12.6 Å². The van der Waals surface area contributed by atoms with Gasteiger partial charge in [-0.3, -0.25) is 4.79 Å². The van der Waals surface area contributed by atoms with Crippen LogP contribution in [0.25, 0.3) is 0 Å². The number of halogens is 3. The lowest BCUT2D eigenvalue weighted by Gasteiger charge is -2.35. The van der Waals surface area contributed by atoms with Crippen LogP contribution in [0.2, 0.25) is 0 Å². The first-order chi connectivity index (χ1) is 12.3. The van der Waals surface area contributed by atoms with E-state index in [1.807, 2.05) is 17.9 Å². The number of nitrogens with zero attached hydrogens (tertiary/aromatic N) is 3. The molecule has 1 fully saturated rings. The Bertz CT molecular complexity index is 778. The van der Waals surface area contributed by atoms with Crippen LogP contribution in [-0.4, -0.2) is 42.0 Å². The molecule has 0 spiro atoms. The predicted molar refractivity (Wildman–Crippen MR) is 95.8 cm³/mol. The van der Waals surface area contributed by atoms with E-state index in [1.165, 1.54) is 22.3 Å². The number of rotatable bonds is 3. The second-order valence-corrected chi connectivity index (χ2v) is 7.39. The molecule has 3 heterocycles. The van der Waals surface area contributed by atoms with Crippen molar-refractivity contribution in [1.29, 1.82) is 0 Å². The first kappa shape index (κ1) is 18.7. The summed E-state index contributed by atoms with van der Waals surface area (Å²) in [5, 5.41) is 0. The Kier molecular flexibility index (Phi) is 5.22. The zero-order chi connectivity index (χ0) is 18.9. The molecule has 0 atom stereocenters. The van der Waals surface area contributed by atoms with Crippen molar-refractivity contribution < 1.29 is 18.0 Å². The highest BCUT2D eigenvalue weighted by Gasteiger charge is 2.31. The van der Waals surface area contributed by atoms with E-state index >= 15 is 0 Å². The number of aryl methyl sites for hydroxylation is 2. The number of piperazine rings is 1. The molecule has 4 nitrogen and oxygen atoms in total. The molecule has 0 N–H and O–H groups in total. The van der Waals surface area contributed by atoms with E-state index in [1.54, 1.807) is 4.90 Å². The van der Waals surface area contributed by atoms with Gasteiger partial charge in [0.25, 0.3) is 5.91 Å². The molecule has 0 unspecified atom stereocenters. The van der Waals surface area contributed by atoms with Crippen molar-refractivity contribution in [2.75, 3.05) is 31.1 Å². The number of carbonyl (C=O) groups is 1. The second-order valence-electron chi connectivity index (χ2n) is 6.25. The SMILES string of the molecule is CCc1sc(C(=O)N2CCN(c3ccc(C(F)(F)F)cn3)CC2)cc1C. The molecular weight excluding hydrogens is 363 g/mol. The first-order valence-electron chi connectivity index (χ1n) is 8.46. The van der Waals surface area contributed by atoms with Crippen LogP contribution < -0.4 is 4.90 Å². The largest absolute Gasteiger partial charge is 0.417 e. The topological polar surface area (TPSA) is 36.4 Å². The Morgan fingerprint density at radius 3 is 2.42 bits per heavy atom. The van der Waals surface area contributed by atoms with E-state index in [2.05, 4.69) is 11.9 Å². The maximum atomic E-state index is 12.7. The van der Waals surface area contributed by atoms with E-state index in [0.29, 0.717) is 32.0 Å². The molecular formula is C18H20F3N3OS. The zero-order valence-electron chi connectivity index (χ0n) is 14.6. The van der Waals surface area contributed by atoms with Gasteiger partial charge in [0, 0.05) is 37.3 Å². The van der Waals surface area contributed by atoms with Crippen LogP contribution in [0.1, 0.15) is 32.6 Å². The molecule has 26 heavy (non-hydrogen) atoms. The summed E-state index contributed by atoms with van der Waals surface area (Å²) in [6, 6.07) is 4.37. The normalized spacial score (nSPS) is 15.4.